The van der Waals surface area contributed by atoms with E-state index in [0.29, 0.717) is 18.4 Å². The lowest BCUT2D eigenvalue weighted by atomic mass is 9.99. The maximum absolute atomic E-state index is 12.2. The number of rotatable bonds is 9. The monoisotopic (exact) mass is 438 g/mol. The first-order valence-corrected chi connectivity index (χ1v) is 9.89. The van der Waals surface area contributed by atoms with Crippen LogP contribution in [0.15, 0.2) is 48.6 Å². The van der Waals surface area contributed by atoms with Crippen LogP contribution in [0, 0.1) is 0 Å². The second kappa shape index (κ2) is 10.7. The molecule has 1 fully saturated rings. The first-order chi connectivity index (χ1) is 14.5. The van der Waals surface area contributed by atoms with Crippen molar-refractivity contribution in [2.24, 2.45) is 0 Å². The number of aliphatic hydroxyl groups excluding tert-OH is 3. The molecule has 0 radical (unpaired) electrons. The highest BCUT2D eigenvalue weighted by Gasteiger charge is 2.45. The van der Waals surface area contributed by atoms with Gasteiger partial charge < -0.3 is 39.7 Å². The Morgan fingerprint density at radius 2 is 1.84 bits per heavy atom. The van der Waals surface area contributed by atoms with E-state index in [1.54, 1.807) is 19.9 Å². The molecule has 0 unspecified atom stereocenters. The number of hydrogen-bond acceptors (Lipinski definition) is 9. The molecule has 5 N–H and O–H groups in total. The fourth-order valence-electron chi connectivity index (χ4n) is 2.85. The smallest absolute Gasteiger partial charge is 0.333 e. The second-order valence-electron chi connectivity index (χ2n) is 7.71. The number of aromatic hydroxyl groups is 1. The first kappa shape index (κ1) is 24.8. The van der Waals surface area contributed by atoms with E-state index in [-0.39, 0.29) is 18.1 Å². The minimum atomic E-state index is -1.59. The Bertz CT molecular complexity index is 772. The molecular weight excluding hydrogens is 408 g/mol. The van der Waals surface area contributed by atoms with E-state index in [2.05, 4.69) is 6.58 Å². The van der Waals surface area contributed by atoms with E-state index in [1.165, 1.54) is 30.3 Å². The lowest BCUT2D eigenvalue weighted by Crippen LogP contribution is -2.60. The van der Waals surface area contributed by atoms with Gasteiger partial charge in [0.05, 0.1) is 5.60 Å². The Morgan fingerprint density at radius 3 is 2.45 bits per heavy atom. The summed E-state index contributed by atoms with van der Waals surface area (Å²) in [5.74, 6) is -0.365. The van der Waals surface area contributed by atoms with Gasteiger partial charge in [0.1, 0.15) is 42.5 Å². The summed E-state index contributed by atoms with van der Waals surface area (Å²) in [5, 5.41) is 49.6. The van der Waals surface area contributed by atoms with E-state index < -0.39 is 42.3 Å². The van der Waals surface area contributed by atoms with Gasteiger partial charge in [-0.15, -0.1) is 6.58 Å². The zero-order chi connectivity index (χ0) is 23.2. The van der Waals surface area contributed by atoms with Gasteiger partial charge in [0.2, 0.25) is 6.29 Å². The number of phenols is 1. The molecule has 1 aromatic carbocycles. The molecule has 2 rings (SSSR count). The molecule has 0 spiro atoms. The van der Waals surface area contributed by atoms with Crippen LogP contribution in [0.5, 0.6) is 11.5 Å². The topological polar surface area (TPSA) is 146 Å². The average Bonchev–Trinajstić information content (AvgIpc) is 2.74. The molecule has 0 aromatic heterocycles. The number of benzene rings is 1. The zero-order valence-electron chi connectivity index (χ0n) is 17.5. The number of carbonyl (C=O) groups is 1. The van der Waals surface area contributed by atoms with Crippen LogP contribution in [0.1, 0.15) is 26.7 Å². The molecule has 1 aliphatic rings. The van der Waals surface area contributed by atoms with Crippen molar-refractivity contribution in [3.63, 3.8) is 0 Å². The van der Waals surface area contributed by atoms with E-state index in [9.17, 15) is 30.3 Å². The fourth-order valence-corrected chi connectivity index (χ4v) is 2.85. The fraction of sp³-hybridized carbons (Fsp3) is 0.500. The molecule has 0 bridgehead atoms. The van der Waals surface area contributed by atoms with Crippen molar-refractivity contribution in [2.75, 3.05) is 6.61 Å². The summed E-state index contributed by atoms with van der Waals surface area (Å²) in [5.41, 5.74) is -0.729. The van der Waals surface area contributed by atoms with Gasteiger partial charge in [-0.05, 0) is 51.0 Å². The minimum Gasteiger partial charge on any atom is -0.508 e. The van der Waals surface area contributed by atoms with E-state index >= 15 is 0 Å². The number of carbonyl (C=O) groups excluding carboxylic acids is 1. The van der Waals surface area contributed by atoms with Gasteiger partial charge in [-0.1, -0.05) is 12.2 Å². The molecule has 6 atom stereocenters. The van der Waals surface area contributed by atoms with Crippen LogP contribution in [-0.2, 0) is 14.3 Å². The van der Waals surface area contributed by atoms with Crippen LogP contribution >= 0.6 is 0 Å². The molecule has 9 nitrogen and oxygen atoms in total. The third kappa shape index (κ3) is 7.05. The molecule has 31 heavy (non-hydrogen) atoms. The predicted molar refractivity (Wildman–Crippen MR) is 110 cm³/mol. The van der Waals surface area contributed by atoms with Crippen molar-refractivity contribution < 1.29 is 44.5 Å². The van der Waals surface area contributed by atoms with Crippen molar-refractivity contribution in [1.29, 1.82) is 0 Å². The Labute approximate surface area is 180 Å². The molecule has 9 heteroatoms. The van der Waals surface area contributed by atoms with Crippen LogP contribution in [0.2, 0.25) is 0 Å². The van der Waals surface area contributed by atoms with Crippen molar-refractivity contribution in [1.82, 2.24) is 0 Å². The third-order valence-electron chi connectivity index (χ3n) is 5.00. The number of phenolic OH excluding ortho intramolecular Hbond substituents is 1. The second-order valence-corrected chi connectivity index (χ2v) is 7.71. The molecule has 1 saturated heterocycles. The Kier molecular flexibility index (Phi) is 8.60. The van der Waals surface area contributed by atoms with Crippen LogP contribution < -0.4 is 4.74 Å². The number of ether oxygens (including phenoxy) is 3. The molecule has 172 valence electrons. The van der Waals surface area contributed by atoms with Gasteiger partial charge >= 0.3 is 5.97 Å². The van der Waals surface area contributed by atoms with Crippen molar-refractivity contribution in [3.8, 4) is 11.5 Å². The Morgan fingerprint density at radius 1 is 1.19 bits per heavy atom. The number of hydrogen-bond donors (Lipinski definition) is 5. The summed E-state index contributed by atoms with van der Waals surface area (Å²) in [6.07, 6.45) is -3.26. The average molecular weight is 438 g/mol. The van der Waals surface area contributed by atoms with Gasteiger partial charge in [-0.2, -0.15) is 0 Å². The molecule has 1 aromatic rings. The molecular formula is C22H30O9. The predicted octanol–water partition coefficient (Wildman–Crippen LogP) is 0.785. The van der Waals surface area contributed by atoms with Gasteiger partial charge in [-0.25, -0.2) is 4.79 Å². The maximum atomic E-state index is 12.2. The summed E-state index contributed by atoms with van der Waals surface area (Å²) in [6, 6.07) is 5.63. The molecule has 0 aliphatic carbocycles. The molecule has 1 heterocycles. The zero-order valence-corrected chi connectivity index (χ0v) is 17.5. The normalized spacial score (nSPS) is 28.5. The number of esters is 1. The maximum Gasteiger partial charge on any atom is 0.333 e. The molecule has 1 aliphatic heterocycles. The van der Waals surface area contributed by atoms with E-state index in [1.807, 2.05) is 0 Å². The van der Waals surface area contributed by atoms with Crippen LogP contribution in [0.25, 0.3) is 0 Å². The Hall–Kier alpha value is -2.43. The number of aliphatic hydroxyl groups is 4. The third-order valence-corrected chi connectivity index (χ3v) is 5.00. The van der Waals surface area contributed by atoms with Gasteiger partial charge in [0.25, 0.3) is 0 Å². The quantitative estimate of drug-likeness (QED) is 0.214. The van der Waals surface area contributed by atoms with Gasteiger partial charge in [0, 0.05) is 5.57 Å². The largest absolute Gasteiger partial charge is 0.508 e. The van der Waals surface area contributed by atoms with Crippen LogP contribution in [-0.4, -0.2) is 74.4 Å². The first-order valence-electron chi connectivity index (χ1n) is 9.89. The van der Waals surface area contributed by atoms with Gasteiger partial charge in [0.15, 0.2) is 0 Å². The standard InChI is InChI=1S/C22H30O9/c1-4-22(3,28)11-5-6-13(2)20(27)29-12-16-17(24)18(25)19(26)21(31-16)30-15-9-7-14(23)8-10-15/h4,6-10,16-19,21,23-26,28H,1,5,11-12H2,2-3H3/b13-6+/t16-,17-,18+,19-,21-,22+/m1/s1. The summed E-state index contributed by atoms with van der Waals surface area (Å²) in [6.45, 7) is 6.33. The summed E-state index contributed by atoms with van der Waals surface area (Å²) < 4.78 is 16.1. The van der Waals surface area contributed by atoms with Crippen molar-refractivity contribution in [2.45, 2.75) is 63.0 Å². The minimum absolute atomic E-state index is 0.0224. The van der Waals surface area contributed by atoms with E-state index in [4.69, 9.17) is 14.2 Å². The van der Waals surface area contributed by atoms with E-state index in [0.717, 1.165) is 0 Å². The summed E-state index contributed by atoms with van der Waals surface area (Å²) in [4.78, 5) is 12.2. The lowest BCUT2D eigenvalue weighted by molar-refractivity contribution is -0.278. The highest BCUT2D eigenvalue weighted by Crippen LogP contribution is 2.26. The van der Waals surface area contributed by atoms with Crippen LogP contribution in [0.4, 0.5) is 0 Å². The molecule has 0 amide bonds. The highest BCUT2D eigenvalue weighted by molar-refractivity contribution is 5.87. The number of allylic oxidation sites excluding steroid dienone is 1. The summed E-state index contributed by atoms with van der Waals surface area (Å²) in [7, 11) is 0. The Balaban J connectivity index is 1.93. The summed E-state index contributed by atoms with van der Waals surface area (Å²) >= 11 is 0. The lowest BCUT2D eigenvalue weighted by Gasteiger charge is -2.39. The highest BCUT2D eigenvalue weighted by atomic mass is 16.7. The van der Waals surface area contributed by atoms with Crippen molar-refractivity contribution in [3.05, 3.63) is 48.6 Å². The molecule has 0 saturated carbocycles. The van der Waals surface area contributed by atoms with Crippen molar-refractivity contribution >= 4 is 5.97 Å². The van der Waals surface area contributed by atoms with Crippen LogP contribution in [0.3, 0.4) is 0 Å². The SMILES string of the molecule is C=C[C@](C)(O)CC/C=C(\C)C(=O)OC[C@H]1O[C@@H](Oc2ccc(O)cc2)[C@H](O)[C@@H](O)[C@@H]1O. The van der Waals surface area contributed by atoms with Gasteiger partial charge in [-0.3, -0.25) is 0 Å².